The van der Waals surface area contributed by atoms with E-state index in [1.807, 2.05) is 36.4 Å². The zero-order valence-corrected chi connectivity index (χ0v) is 17.2. The molecule has 1 aliphatic carbocycles. The van der Waals surface area contributed by atoms with Crippen LogP contribution in [0, 0.1) is 5.92 Å². The molecule has 0 bridgehead atoms. The maximum atomic E-state index is 12.3. The molecule has 1 saturated heterocycles. The molecule has 2 N–H and O–H groups in total. The zero-order valence-electron chi connectivity index (χ0n) is 17.2. The Labute approximate surface area is 177 Å². The van der Waals surface area contributed by atoms with Gasteiger partial charge in [-0.2, -0.15) is 0 Å². The summed E-state index contributed by atoms with van der Waals surface area (Å²) >= 11 is 0. The third-order valence-electron chi connectivity index (χ3n) is 6.11. The van der Waals surface area contributed by atoms with Gasteiger partial charge in [0.05, 0.1) is 30.1 Å². The Kier molecular flexibility index (Phi) is 7.04. The molecule has 1 saturated carbocycles. The number of amides is 1. The Morgan fingerprint density at radius 2 is 1.70 bits per heavy atom. The first kappa shape index (κ1) is 20.9. The van der Waals surface area contributed by atoms with Crippen LogP contribution in [0.5, 0.6) is 0 Å². The second-order valence-electron chi connectivity index (χ2n) is 8.20. The van der Waals surface area contributed by atoms with Crippen LogP contribution in [0.4, 0.5) is 0 Å². The number of carbonyl (C=O) groups excluding carboxylic acids is 1. The summed E-state index contributed by atoms with van der Waals surface area (Å²) in [5.74, 6) is 0.203. The highest BCUT2D eigenvalue weighted by Gasteiger charge is 2.40. The molecule has 2 aromatic rings. The van der Waals surface area contributed by atoms with Gasteiger partial charge in [-0.25, -0.2) is 0 Å². The largest absolute Gasteiger partial charge is 0.389 e. The van der Waals surface area contributed by atoms with Crippen molar-refractivity contribution < 1.29 is 14.6 Å². The zero-order chi connectivity index (χ0) is 20.8. The summed E-state index contributed by atoms with van der Waals surface area (Å²) in [6.07, 6.45) is 6.62. The van der Waals surface area contributed by atoms with E-state index >= 15 is 0 Å². The molecule has 0 unspecified atom stereocenters. The van der Waals surface area contributed by atoms with E-state index in [-0.39, 0.29) is 17.9 Å². The quantitative estimate of drug-likeness (QED) is 0.691. The number of pyridine rings is 2. The summed E-state index contributed by atoms with van der Waals surface area (Å²) in [4.78, 5) is 23.4. The molecule has 2 fully saturated rings. The highest BCUT2D eigenvalue weighted by atomic mass is 16.5. The van der Waals surface area contributed by atoms with Crippen LogP contribution >= 0.6 is 0 Å². The standard InChI is InChI=1S/C23H30N4O3/c28-22-20(16-30-21(22)13-26-23(29)17-7-1-2-8-17)27(14-18-9-3-5-11-24-18)15-19-10-4-6-12-25-19/h3-6,9-12,17,20-22,28H,1-2,7-8,13-16H2,(H,26,29)/t20-,21-,22+/m1/s1. The lowest BCUT2D eigenvalue weighted by Gasteiger charge is -2.30. The molecular formula is C23H30N4O3. The average Bonchev–Trinajstić information content (AvgIpc) is 3.43. The van der Waals surface area contributed by atoms with Gasteiger partial charge >= 0.3 is 0 Å². The predicted octanol–water partition coefficient (Wildman–Crippen LogP) is 1.91. The van der Waals surface area contributed by atoms with Crippen molar-refractivity contribution in [3.8, 4) is 0 Å². The van der Waals surface area contributed by atoms with Gasteiger partial charge in [0.25, 0.3) is 0 Å². The Morgan fingerprint density at radius 3 is 2.27 bits per heavy atom. The third-order valence-corrected chi connectivity index (χ3v) is 6.11. The van der Waals surface area contributed by atoms with Gasteiger partial charge in [-0.15, -0.1) is 0 Å². The number of carbonyl (C=O) groups is 1. The minimum atomic E-state index is -0.693. The summed E-state index contributed by atoms with van der Waals surface area (Å²) in [5, 5.41) is 14.0. The Hall–Kier alpha value is -2.35. The first-order valence-electron chi connectivity index (χ1n) is 10.8. The van der Waals surface area contributed by atoms with Crippen molar-refractivity contribution in [2.75, 3.05) is 13.2 Å². The minimum absolute atomic E-state index is 0.0885. The number of aliphatic hydroxyl groups is 1. The van der Waals surface area contributed by atoms with Crippen molar-refractivity contribution in [2.45, 2.75) is 57.0 Å². The molecule has 2 aliphatic rings. The molecular weight excluding hydrogens is 380 g/mol. The Morgan fingerprint density at radius 1 is 1.07 bits per heavy atom. The average molecular weight is 411 g/mol. The number of nitrogens with zero attached hydrogens (tertiary/aromatic N) is 3. The van der Waals surface area contributed by atoms with Gasteiger partial charge < -0.3 is 15.2 Å². The van der Waals surface area contributed by atoms with E-state index in [9.17, 15) is 9.90 Å². The first-order valence-corrected chi connectivity index (χ1v) is 10.8. The van der Waals surface area contributed by atoms with Crippen LogP contribution in [0.15, 0.2) is 48.8 Å². The topological polar surface area (TPSA) is 87.6 Å². The Balaban J connectivity index is 1.40. The lowest BCUT2D eigenvalue weighted by molar-refractivity contribution is -0.125. The molecule has 3 atom stereocenters. The number of hydrogen-bond donors (Lipinski definition) is 2. The molecule has 0 spiro atoms. The third kappa shape index (κ3) is 5.22. The van der Waals surface area contributed by atoms with Crippen LogP contribution in [0.3, 0.4) is 0 Å². The SMILES string of the molecule is O=C(NC[C@H]1OC[C@@H](N(Cc2ccccn2)Cc2ccccn2)[C@@H]1O)C1CCCC1. The van der Waals surface area contributed by atoms with E-state index in [1.54, 1.807) is 12.4 Å². The number of aromatic nitrogens is 2. The molecule has 0 radical (unpaired) electrons. The first-order chi connectivity index (χ1) is 14.7. The maximum absolute atomic E-state index is 12.3. The maximum Gasteiger partial charge on any atom is 0.223 e. The number of rotatable bonds is 8. The van der Waals surface area contributed by atoms with Gasteiger partial charge in [0.15, 0.2) is 0 Å². The van der Waals surface area contributed by atoms with Crippen LogP contribution in [0.2, 0.25) is 0 Å². The van der Waals surface area contributed by atoms with Crippen molar-refractivity contribution in [3.63, 3.8) is 0 Å². The minimum Gasteiger partial charge on any atom is -0.389 e. The second kappa shape index (κ2) is 10.1. The van der Waals surface area contributed by atoms with E-state index in [0.29, 0.717) is 26.2 Å². The van der Waals surface area contributed by atoms with Gasteiger partial charge in [0.2, 0.25) is 5.91 Å². The summed E-state index contributed by atoms with van der Waals surface area (Å²) in [6.45, 7) is 1.92. The summed E-state index contributed by atoms with van der Waals surface area (Å²) in [5.41, 5.74) is 1.86. The van der Waals surface area contributed by atoms with Crippen molar-refractivity contribution in [1.82, 2.24) is 20.2 Å². The van der Waals surface area contributed by atoms with E-state index in [0.717, 1.165) is 37.1 Å². The van der Waals surface area contributed by atoms with Crippen molar-refractivity contribution in [1.29, 1.82) is 0 Å². The number of aliphatic hydroxyl groups excluding tert-OH is 1. The molecule has 1 amide bonds. The monoisotopic (exact) mass is 410 g/mol. The molecule has 2 aromatic heterocycles. The van der Waals surface area contributed by atoms with Gasteiger partial charge in [-0.05, 0) is 37.1 Å². The van der Waals surface area contributed by atoms with Gasteiger partial charge in [0, 0.05) is 37.9 Å². The van der Waals surface area contributed by atoms with Crippen molar-refractivity contribution in [3.05, 3.63) is 60.2 Å². The van der Waals surface area contributed by atoms with Crippen LogP contribution < -0.4 is 5.32 Å². The number of ether oxygens (including phenoxy) is 1. The molecule has 3 heterocycles. The normalized spacial score (nSPS) is 24.4. The highest BCUT2D eigenvalue weighted by molar-refractivity contribution is 5.78. The molecule has 7 nitrogen and oxygen atoms in total. The molecule has 1 aliphatic heterocycles. The van der Waals surface area contributed by atoms with E-state index in [4.69, 9.17) is 4.74 Å². The van der Waals surface area contributed by atoms with E-state index < -0.39 is 12.2 Å². The number of nitrogens with one attached hydrogen (secondary N) is 1. The summed E-state index contributed by atoms with van der Waals surface area (Å²) < 4.78 is 5.90. The van der Waals surface area contributed by atoms with Crippen LogP contribution in [0.1, 0.15) is 37.1 Å². The predicted molar refractivity (Wildman–Crippen MR) is 112 cm³/mol. The number of hydrogen-bond acceptors (Lipinski definition) is 6. The van der Waals surface area contributed by atoms with Gasteiger partial charge in [-0.1, -0.05) is 25.0 Å². The molecule has 160 valence electrons. The fourth-order valence-corrected chi connectivity index (χ4v) is 4.39. The Bertz CT molecular complexity index is 757. The van der Waals surface area contributed by atoms with E-state index in [2.05, 4.69) is 20.2 Å². The molecule has 30 heavy (non-hydrogen) atoms. The molecule has 0 aromatic carbocycles. The fourth-order valence-electron chi connectivity index (χ4n) is 4.39. The fraction of sp³-hybridized carbons (Fsp3) is 0.522. The van der Waals surface area contributed by atoms with Crippen molar-refractivity contribution in [2.24, 2.45) is 5.92 Å². The van der Waals surface area contributed by atoms with E-state index in [1.165, 1.54) is 0 Å². The van der Waals surface area contributed by atoms with Gasteiger partial charge in [0.1, 0.15) is 6.10 Å². The van der Waals surface area contributed by atoms with Crippen LogP contribution in [0.25, 0.3) is 0 Å². The summed E-state index contributed by atoms with van der Waals surface area (Å²) in [6, 6.07) is 11.5. The van der Waals surface area contributed by atoms with Gasteiger partial charge in [-0.3, -0.25) is 19.7 Å². The second-order valence-corrected chi connectivity index (χ2v) is 8.20. The van der Waals surface area contributed by atoms with Crippen molar-refractivity contribution >= 4 is 5.91 Å². The van der Waals surface area contributed by atoms with Crippen LogP contribution in [-0.4, -0.2) is 57.3 Å². The summed E-state index contributed by atoms with van der Waals surface area (Å²) in [7, 11) is 0. The lowest BCUT2D eigenvalue weighted by Crippen LogP contribution is -2.47. The molecule has 4 rings (SSSR count). The molecule has 7 heteroatoms. The smallest absolute Gasteiger partial charge is 0.223 e. The lowest BCUT2D eigenvalue weighted by atomic mass is 10.1. The van der Waals surface area contributed by atoms with Crippen LogP contribution in [-0.2, 0) is 22.6 Å². The highest BCUT2D eigenvalue weighted by Crippen LogP contribution is 2.26.